The average Bonchev–Trinajstić information content (AvgIpc) is 2.73. The molecule has 8 nitrogen and oxygen atoms in total. The molecule has 3 fully saturated rings. The van der Waals surface area contributed by atoms with Gasteiger partial charge in [-0.15, -0.1) is 0 Å². The lowest BCUT2D eigenvalue weighted by Gasteiger charge is -2.41. The highest BCUT2D eigenvalue weighted by Gasteiger charge is 2.28. The number of piperazine rings is 1. The van der Waals surface area contributed by atoms with Crippen molar-refractivity contribution in [1.82, 2.24) is 25.3 Å². The lowest BCUT2D eigenvalue weighted by molar-refractivity contribution is -0.141. The van der Waals surface area contributed by atoms with Crippen molar-refractivity contribution >= 4 is 12.0 Å². The van der Waals surface area contributed by atoms with Crippen molar-refractivity contribution in [3.05, 3.63) is 0 Å². The molecule has 2 amide bonds. The third-order valence-corrected chi connectivity index (χ3v) is 6.20. The van der Waals surface area contributed by atoms with E-state index in [2.05, 4.69) is 20.4 Å². The molecule has 0 atom stereocenters. The zero-order valence-electron chi connectivity index (χ0n) is 16.6. The van der Waals surface area contributed by atoms with Crippen LogP contribution in [0.15, 0.2) is 0 Å². The van der Waals surface area contributed by atoms with Gasteiger partial charge >= 0.3 is 12.0 Å². The molecule has 0 aromatic carbocycles. The summed E-state index contributed by atoms with van der Waals surface area (Å²) in [6, 6.07) is 1.02. The number of nitrogens with zero attached hydrogens (tertiary/aromatic N) is 3. The van der Waals surface area contributed by atoms with E-state index in [4.69, 9.17) is 4.74 Å². The number of methoxy groups -OCH3 is 1. The van der Waals surface area contributed by atoms with Gasteiger partial charge in [-0.1, -0.05) is 0 Å². The monoisotopic (exact) mass is 381 g/mol. The lowest BCUT2D eigenvalue weighted by Crippen LogP contribution is -2.57. The number of rotatable bonds is 5. The van der Waals surface area contributed by atoms with Crippen LogP contribution in [0.4, 0.5) is 4.79 Å². The smallest absolute Gasteiger partial charge is 0.317 e. The molecule has 154 valence electrons. The summed E-state index contributed by atoms with van der Waals surface area (Å²) in [6.45, 7) is 8.45. The van der Waals surface area contributed by atoms with Gasteiger partial charge in [-0.25, -0.2) is 4.79 Å². The minimum atomic E-state index is -0.158. The van der Waals surface area contributed by atoms with E-state index in [-0.39, 0.29) is 18.0 Å². The number of ether oxygens (including phenoxy) is 1. The van der Waals surface area contributed by atoms with E-state index in [1.54, 1.807) is 0 Å². The first-order chi connectivity index (χ1) is 13.2. The first kappa shape index (κ1) is 20.4. The predicted octanol–water partition coefficient (Wildman–Crippen LogP) is 0.0931. The number of piperidine rings is 2. The number of likely N-dealkylation sites (tertiary alicyclic amines) is 1. The van der Waals surface area contributed by atoms with Gasteiger partial charge < -0.3 is 25.2 Å². The average molecular weight is 382 g/mol. The van der Waals surface area contributed by atoms with Crippen molar-refractivity contribution in [2.45, 2.75) is 44.2 Å². The summed E-state index contributed by atoms with van der Waals surface area (Å²) in [5.41, 5.74) is 0. The fourth-order valence-electron chi connectivity index (χ4n) is 4.38. The summed E-state index contributed by atoms with van der Waals surface area (Å²) < 4.78 is 4.69. The quantitative estimate of drug-likeness (QED) is 0.658. The SMILES string of the molecule is COC(=O)CCN1CCC(NC(=O)N2CCN(C3CCNCC3)CC2)CC1. The summed E-state index contributed by atoms with van der Waals surface area (Å²) in [5.74, 6) is -0.158. The number of nitrogens with one attached hydrogen (secondary N) is 2. The zero-order chi connectivity index (χ0) is 19.1. The van der Waals surface area contributed by atoms with Gasteiger partial charge in [0.1, 0.15) is 0 Å². The van der Waals surface area contributed by atoms with E-state index < -0.39 is 0 Å². The maximum atomic E-state index is 12.6. The minimum absolute atomic E-state index is 0.0907. The second-order valence-corrected chi connectivity index (χ2v) is 7.90. The van der Waals surface area contributed by atoms with E-state index in [0.29, 0.717) is 12.5 Å². The van der Waals surface area contributed by atoms with Crippen LogP contribution >= 0.6 is 0 Å². The van der Waals surface area contributed by atoms with Crippen LogP contribution in [0.3, 0.4) is 0 Å². The van der Waals surface area contributed by atoms with Crippen molar-refractivity contribution < 1.29 is 14.3 Å². The largest absolute Gasteiger partial charge is 0.469 e. The molecule has 0 unspecified atom stereocenters. The number of hydrogen-bond acceptors (Lipinski definition) is 6. The lowest BCUT2D eigenvalue weighted by atomic mass is 10.0. The maximum Gasteiger partial charge on any atom is 0.317 e. The first-order valence-electron chi connectivity index (χ1n) is 10.4. The summed E-state index contributed by atoms with van der Waals surface area (Å²) in [7, 11) is 1.43. The normalized spacial score (nSPS) is 24.0. The predicted molar refractivity (Wildman–Crippen MR) is 104 cm³/mol. The zero-order valence-corrected chi connectivity index (χ0v) is 16.6. The van der Waals surface area contributed by atoms with Crippen molar-refractivity contribution in [3.63, 3.8) is 0 Å². The van der Waals surface area contributed by atoms with Crippen molar-refractivity contribution in [1.29, 1.82) is 0 Å². The molecule has 3 aliphatic rings. The minimum Gasteiger partial charge on any atom is -0.469 e. The van der Waals surface area contributed by atoms with Crippen LogP contribution in [0.1, 0.15) is 32.1 Å². The molecule has 8 heteroatoms. The molecule has 0 aliphatic carbocycles. The highest BCUT2D eigenvalue weighted by molar-refractivity contribution is 5.74. The molecule has 0 radical (unpaired) electrons. The third-order valence-electron chi connectivity index (χ3n) is 6.20. The molecule has 0 aromatic heterocycles. The van der Waals surface area contributed by atoms with E-state index in [0.717, 1.165) is 71.7 Å². The first-order valence-corrected chi connectivity index (χ1v) is 10.4. The maximum absolute atomic E-state index is 12.6. The number of esters is 1. The van der Waals surface area contributed by atoms with Crippen LogP contribution < -0.4 is 10.6 Å². The van der Waals surface area contributed by atoms with Crippen LogP contribution in [0, 0.1) is 0 Å². The fraction of sp³-hybridized carbons (Fsp3) is 0.895. The van der Waals surface area contributed by atoms with Gasteiger partial charge in [0.2, 0.25) is 0 Å². The molecular formula is C19H35N5O3. The number of carbonyl (C=O) groups excluding carboxylic acids is 2. The Morgan fingerprint density at radius 3 is 2.30 bits per heavy atom. The van der Waals surface area contributed by atoms with Gasteiger partial charge in [0.05, 0.1) is 13.5 Å². The van der Waals surface area contributed by atoms with Gasteiger partial charge in [-0.2, -0.15) is 0 Å². The molecule has 27 heavy (non-hydrogen) atoms. The van der Waals surface area contributed by atoms with Crippen LogP contribution in [0.5, 0.6) is 0 Å². The Labute approximate surface area is 162 Å². The molecule has 3 heterocycles. The molecular weight excluding hydrogens is 346 g/mol. The summed E-state index contributed by atoms with van der Waals surface area (Å²) in [6.07, 6.45) is 4.78. The number of carbonyl (C=O) groups is 2. The van der Waals surface area contributed by atoms with Gasteiger partial charge in [0, 0.05) is 57.9 Å². The standard InChI is InChI=1S/C19H35N5O3/c1-27-18(25)6-11-22-9-4-16(5-10-22)21-19(26)24-14-12-23(13-15-24)17-2-7-20-8-3-17/h16-17,20H,2-15H2,1H3,(H,21,26). The molecule has 3 rings (SSSR count). The number of amides is 2. The van der Waals surface area contributed by atoms with Gasteiger partial charge in [0.15, 0.2) is 0 Å². The van der Waals surface area contributed by atoms with E-state index in [9.17, 15) is 9.59 Å². The van der Waals surface area contributed by atoms with Crippen molar-refractivity contribution in [2.24, 2.45) is 0 Å². The Balaban J connectivity index is 1.32. The number of hydrogen-bond donors (Lipinski definition) is 2. The second-order valence-electron chi connectivity index (χ2n) is 7.90. The Bertz CT molecular complexity index is 482. The molecule has 0 aromatic rings. The van der Waals surface area contributed by atoms with Crippen LogP contribution in [0.25, 0.3) is 0 Å². The van der Waals surface area contributed by atoms with Crippen LogP contribution in [-0.2, 0) is 9.53 Å². The molecule has 3 aliphatic heterocycles. The van der Waals surface area contributed by atoms with Crippen molar-refractivity contribution in [3.8, 4) is 0 Å². The third kappa shape index (κ3) is 6.05. The van der Waals surface area contributed by atoms with E-state index in [1.807, 2.05) is 4.90 Å². The molecule has 0 saturated carbocycles. The highest BCUT2D eigenvalue weighted by atomic mass is 16.5. The Kier molecular flexibility index (Phi) is 7.72. The molecule has 0 spiro atoms. The Morgan fingerprint density at radius 2 is 1.67 bits per heavy atom. The molecule has 3 saturated heterocycles. The number of urea groups is 1. The Morgan fingerprint density at radius 1 is 1.00 bits per heavy atom. The van der Waals surface area contributed by atoms with Gasteiger partial charge in [0.25, 0.3) is 0 Å². The molecule has 0 bridgehead atoms. The topological polar surface area (TPSA) is 77.2 Å². The summed E-state index contributed by atoms with van der Waals surface area (Å²) in [4.78, 5) is 30.7. The van der Waals surface area contributed by atoms with E-state index >= 15 is 0 Å². The highest BCUT2D eigenvalue weighted by Crippen LogP contribution is 2.15. The van der Waals surface area contributed by atoms with Gasteiger partial charge in [-0.05, 0) is 38.8 Å². The van der Waals surface area contributed by atoms with E-state index in [1.165, 1.54) is 20.0 Å². The van der Waals surface area contributed by atoms with Crippen molar-refractivity contribution in [2.75, 3.05) is 66.0 Å². The van der Waals surface area contributed by atoms with Crippen LogP contribution in [-0.4, -0.2) is 105 Å². The fourth-order valence-corrected chi connectivity index (χ4v) is 4.38. The van der Waals surface area contributed by atoms with Gasteiger partial charge in [-0.3, -0.25) is 9.69 Å². The van der Waals surface area contributed by atoms with Crippen LogP contribution in [0.2, 0.25) is 0 Å². The summed E-state index contributed by atoms with van der Waals surface area (Å²) >= 11 is 0. The molecule has 2 N–H and O–H groups in total. The summed E-state index contributed by atoms with van der Waals surface area (Å²) in [5, 5.41) is 6.64. The second kappa shape index (κ2) is 10.2. The Hall–Kier alpha value is -1.38.